The highest BCUT2D eigenvalue weighted by Crippen LogP contribution is 2.13. The predicted octanol–water partition coefficient (Wildman–Crippen LogP) is 1.10. The number of aromatic amines is 1. The van der Waals surface area contributed by atoms with Gasteiger partial charge in [-0.25, -0.2) is 22.7 Å². The molecule has 0 saturated heterocycles. The molecule has 0 fully saturated rings. The van der Waals surface area contributed by atoms with Crippen LogP contribution in [0, 0.1) is 0 Å². The number of hydrogen-bond donors (Lipinski definition) is 2. The molecule has 0 saturated carbocycles. The molecule has 0 bridgehead atoms. The molecule has 8 heteroatoms. The Labute approximate surface area is 124 Å². The maximum atomic E-state index is 11.9. The fourth-order valence-electron chi connectivity index (χ4n) is 1.76. The first kappa shape index (κ1) is 15.5. The lowest BCUT2D eigenvalue weighted by molar-refractivity contribution is 0.520. The maximum absolute atomic E-state index is 11.9. The number of hydrogen-bond acceptors (Lipinski definition) is 5. The topological polar surface area (TPSA) is 91.0 Å². The van der Waals surface area contributed by atoms with Crippen LogP contribution >= 0.6 is 0 Å². The number of anilines is 1. The largest absolute Gasteiger partial charge is 0.370 e. The molecule has 2 heterocycles. The minimum absolute atomic E-state index is 0.189. The van der Waals surface area contributed by atoms with E-state index in [9.17, 15) is 8.42 Å². The zero-order chi connectivity index (χ0) is 15.3. The molecule has 21 heavy (non-hydrogen) atoms. The molecule has 0 aliphatic carbocycles. The minimum Gasteiger partial charge on any atom is -0.370 e. The van der Waals surface area contributed by atoms with Crippen LogP contribution in [0.3, 0.4) is 0 Å². The van der Waals surface area contributed by atoms with E-state index in [1.165, 1.54) is 24.6 Å². The summed E-state index contributed by atoms with van der Waals surface area (Å²) in [5.74, 6) is 1.62. The molecule has 114 valence electrons. The minimum atomic E-state index is -3.42. The Hall–Kier alpha value is -1.93. The number of nitrogens with one attached hydrogen (secondary N) is 2. The molecule has 0 radical (unpaired) electrons. The first-order chi connectivity index (χ1) is 10.00. The van der Waals surface area contributed by atoms with Crippen LogP contribution in [0.15, 0.2) is 35.6 Å². The number of nitrogens with zero attached hydrogens (tertiary/aromatic N) is 3. The van der Waals surface area contributed by atoms with Gasteiger partial charge in [0.05, 0.1) is 0 Å². The summed E-state index contributed by atoms with van der Waals surface area (Å²) in [6.07, 6.45) is 6.66. The Bertz CT molecular complexity index is 650. The lowest BCUT2D eigenvalue weighted by Gasteiger charge is -2.11. The molecule has 2 N–H and O–H groups in total. The van der Waals surface area contributed by atoms with Crippen molar-refractivity contribution in [2.45, 2.75) is 17.7 Å². The Morgan fingerprint density at radius 3 is 2.67 bits per heavy atom. The van der Waals surface area contributed by atoms with Crippen molar-refractivity contribution in [1.82, 2.24) is 19.3 Å². The third-order valence-corrected chi connectivity index (χ3v) is 4.76. The number of pyridine rings is 1. The van der Waals surface area contributed by atoms with Crippen molar-refractivity contribution in [3.8, 4) is 0 Å². The van der Waals surface area contributed by atoms with Gasteiger partial charge < -0.3 is 10.3 Å². The van der Waals surface area contributed by atoms with E-state index >= 15 is 0 Å². The molecule has 2 rings (SSSR count). The van der Waals surface area contributed by atoms with Crippen LogP contribution in [0.25, 0.3) is 0 Å². The Morgan fingerprint density at radius 2 is 2.10 bits per heavy atom. The second kappa shape index (κ2) is 6.68. The zero-order valence-electron chi connectivity index (χ0n) is 12.1. The molecule has 7 nitrogen and oxygen atoms in total. The zero-order valence-corrected chi connectivity index (χ0v) is 12.9. The summed E-state index contributed by atoms with van der Waals surface area (Å²) in [5, 5.41) is 3.15. The van der Waals surface area contributed by atoms with Crippen molar-refractivity contribution in [2.75, 3.05) is 26.0 Å². The van der Waals surface area contributed by atoms with E-state index in [2.05, 4.69) is 20.3 Å². The fraction of sp³-hybridized carbons (Fsp3) is 0.385. The summed E-state index contributed by atoms with van der Waals surface area (Å²) < 4.78 is 24.9. The van der Waals surface area contributed by atoms with Gasteiger partial charge in [-0.1, -0.05) is 0 Å². The van der Waals surface area contributed by atoms with E-state index in [0.29, 0.717) is 5.82 Å². The number of aryl methyl sites for hydroxylation is 1. The lowest BCUT2D eigenvalue weighted by atomic mass is 10.3. The average Bonchev–Trinajstić information content (AvgIpc) is 2.97. The molecule has 0 aliphatic heterocycles. The standard InChI is InChI=1S/C13H19N5O2S/c1-18(2)21(19,20)11-5-6-13(17-10-11)14-7-3-4-12-15-8-9-16-12/h5-6,8-10H,3-4,7H2,1-2H3,(H,14,17)(H,15,16). The van der Waals surface area contributed by atoms with E-state index < -0.39 is 10.0 Å². The van der Waals surface area contributed by atoms with Crippen molar-refractivity contribution in [2.24, 2.45) is 0 Å². The van der Waals surface area contributed by atoms with Gasteiger partial charge in [-0.2, -0.15) is 0 Å². The summed E-state index contributed by atoms with van der Waals surface area (Å²) >= 11 is 0. The summed E-state index contributed by atoms with van der Waals surface area (Å²) in [4.78, 5) is 11.5. The highest BCUT2D eigenvalue weighted by atomic mass is 32.2. The second-order valence-electron chi connectivity index (χ2n) is 4.73. The van der Waals surface area contributed by atoms with E-state index in [0.717, 1.165) is 25.2 Å². The Balaban J connectivity index is 1.85. The number of imidazole rings is 1. The van der Waals surface area contributed by atoms with Gasteiger partial charge >= 0.3 is 0 Å². The highest BCUT2D eigenvalue weighted by molar-refractivity contribution is 7.89. The number of sulfonamides is 1. The van der Waals surface area contributed by atoms with Crippen LogP contribution in [0.4, 0.5) is 5.82 Å². The van der Waals surface area contributed by atoms with Gasteiger partial charge in [0.1, 0.15) is 16.5 Å². The second-order valence-corrected chi connectivity index (χ2v) is 6.88. The Morgan fingerprint density at radius 1 is 1.29 bits per heavy atom. The van der Waals surface area contributed by atoms with Crippen molar-refractivity contribution < 1.29 is 8.42 Å². The van der Waals surface area contributed by atoms with E-state index in [4.69, 9.17) is 0 Å². The molecular formula is C13H19N5O2S. The highest BCUT2D eigenvalue weighted by Gasteiger charge is 2.17. The number of rotatable bonds is 7. The van der Waals surface area contributed by atoms with Gasteiger partial charge in [0.2, 0.25) is 10.0 Å². The molecule has 0 unspecified atom stereocenters. The number of aromatic nitrogens is 3. The third kappa shape index (κ3) is 4.02. The van der Waals surface area contributed by atoms with Crippen LogP contribution in [-0.4, -0.2) is 48.3 Å². The van der Waals surface area contributed by atoms with Crippen LogP contribution in [0.5, 0.6) is 0 Å². The van der Waals surface area contributed by atoms with E-state index in [1.807, 2.05) is 0 Å². The van der Waals surface area contributed by atoms with Gasteiger partial charge in [0.25, 0.3) is 0 Å². The normalized spacial score (nSPS) is 11.8. The lowest BCUT2D eigenvalue weighted by Crippen LogP contribution is -2.22. The average molecular weight is 309 g/mol. The molecule has 0 spiro atoms. The fourth-order valence-corrected chi connectivity index (χ4v) is 2.60. The molecular weight excluding hydrogens is 290 g/mol. The van der Waals surface area contributed by atoms with E-state index in [1.54, 1.807) is 24.5 Å². The summed E-state index contributed by atoms with van der Waals surface area (Å²) in [5.41, 5.74) is 0. The van der Waals surface area contributed by atoms with Crippen LogP contribution in [-0.2, 0) is 16.4 Å². The van der Waals surface area contributed by atoms with Crippen LogP contribution in [0.2, 0.25) is 0 Å². The monoisotopic (exact) mass is 309 g/mol. The van der Waals surface area contributed by atoms with Crippen LogP contribution in [0.1, 0.15) is 12.2 Å². The first-order valence-corrected chi connectivity index (χ1v) is 8.05. The van der Waals surface area contributed by atoms with Gasteiger partial charge in [-0.05, 0) is 18.6 Å². The third-order valence-electron chi connectivity index (χ3n) is 2.97. The molecule has 2 aromatic heterocycles. The number of H-pyrrole nitrogens is 1. The molecule has 0 aliphatic rings. The van der Waals surface area contributed by atoms with Crippen molar-refractivity contribution in [1.29, 1.82) is 0 Å². The quantitative estimate of drug-likeness (QED) is 0.747. The SMILES string of the molecule is CN(C)S(=O)(=O)c1ccc(NCCCc2ncc[nH]2)nc1. The predicted molar refractivity (Wildman–Crippen MR) is 80.5 cm³/mol. The van der Waals surface area contributed by atoms with Crippen LogP contribution < -0.4 is 5.32 Å². The van der Waals surface area contributed by atoms with Gasteiger partial charge in [0.15, 0.2) is 0 Å². The van der Waals surface area contributed by atoms with E-state index in [-0.39, 0.29) is 4.90 Å². The summed E-state index contributed by atoms with van der Waals surface area (Å²) in [7, 11) is -0.425. The van der Waals surface area contributed by atoms with Gasteiger partial charge in [-0.15, -0.1) is 0 Å². The van der Waals surface area contributed by atoms with Crippen molar-refractivity contribution in [3.05, 3.63) is 36.5 Å². The van der Waals surface area contributed by atoms with Crippen molar-refractivity contribution >= 4 is 15.8 Å². The summed E-state index contributed by atoms with van der Waals surface area (Å²) in [6, 6.07) is 3.22. The maximum Gasteiger partial charge on any atom is 0.244 e. The Kier molecular flexibility index (Phi) is 4.92. The summed E-state index contributed by atoms with van der Waals surface area (Å²) in [6.45, 7) is 0.744. The van der Waals surface area contributed by atoms with Gasteiger partial charge in [-0.3, -0.25) is 0 Å². The molecule has 0 amide bonds. The molecule has 0 aromatic carbocycles. The molecule has 2 aromatic rings. The van der Waals surface area contributed by atoms with Crippen molar-refractivity contribution in [3.63, 3.8) is 0 Å². The van der Waals surface area contributed by atoms with Gasteiger partial charge in [0, 0.05) is 45.7 Å². The molecule has 0 atom stereocenters. The smallest absolute Gasteiger partial charge is 0.244 e. The first-order valence-electron chi connectivity index (χ1n) is 6.61.